The molecule has 9 heteroatoms. The molecule has 8 nitrogen and oxygen atoms in total. The first-order valence-corrected chi connectivity index (χ1v) is 9.64. The quantitative estimate of drug-likeness (QED) is 0.447. The second-order valence-electron chi connectivity index (χ2n) is 6.85. The summed E-state index contributed by atoms with van der Waals surface area (Å²) in [5, 5.41) is 13.7. The summed E-state index contributed by atoms with van der Waals surface area (Å²) in [5.41, 5.74) is 0.593. The minimum Gasteiger partial charge on any atom is -0.463 e. The lowest BCUT2D eigenvalue weighted by Gasteiger charge is -2.37. The number of furan rings is 1. The minimum absolute atomic E-state index is 0.0249. The Kier molecular flexibility index (Phi) is 7.20. The van der Waals surface area contributed by atoms with Gasteiger partial charge in [-0.3, -0.25) is 9.59 Å². The number of anilines is 1. The van der Waals surface area contributed by atoms with Crippen molar-refractivity contribution in [3.63, 3.8) is 0 Å². The van der Waals surface area contributed by atoms with Crippen molar-refractivity contribution in [3.8, 4) is 0 Å². The van der Waals surface area contributed by atoms with Crippen molar-refractivity contribution in [1.29, 1.82) is 0 Å². The third-order valence-electron chi connectivity index (χ3n) is 5.05. The van der Waals surface area contributed by atoms with Gasteiger partial charge >= 0.3 is 11.8 Å². The topological polar surface area (TPSA) is 99.2 Å². The standard InChI is InChI=1S/C20H25FN4O4/c21-15-4-1-2-5-16(15)24-8-10-25(11-9-24)17(18-6-3-13-29-18)14-23-20(28)19(27)22-7-12-26/h1-6,13,17,26H,7-12,14H2,(H,22,27)(H,23,28)/p+1/t17-/m0/s1. The van der Waals surface area contributed by atoms with Crippen LogP contribution >= 0.6 is 0 Å². The first-order chi connectivity index (χ1) is 14.1. The Bertz CT molecular complexity index is 807. The predicted molar refractivity (Wildman–Crippen MR) is 104 cm³/mol. The van der Waals surface area contributed by atoms with E-state index in [0.717, 1.165) is 18.8 Å². The van der Waals surface area contributed by atoms with Gasteiger partial charge in [-0.15, -0.1) is 0 Å². The highest BCUT2D eigenvalue weighted by molar-refractivity contribution is 6.35. The average Bonchev–Trinajstić information content (AvgIpc) is 3.27. The Hall–Kier alpha value is -2.91. The second-order valence-corrected chi connectivity index (χ2v) is 6.85. The highest BCUT2D eigenvalue weighted by atomic mass is 19.1. The largest absolute Gasteiger partial charge is 0.463 e. The molecule has 0 unspecified atom stereocenters. The van der Waals surface area contributed by atoms with Crippen molar-refractivity contribution in [2.24, 2.45) is 0 Å². The zero-order valence-electron chi connectivity index (χ0n) is 16.1. The van der Waals surface area contributed by atoms with E-state index >= 15 is 0 Å². The van der Waals surface area contributed by atoms with Crippen LogP contribution in [0.1, 0.15) is 11.8 Å². The van der Waals surface area contributed by atoms with E-state index in [1.807, 2.05) is 17.0 Å². The zero-order chi connectivity index (χ0) is 20.6. The van der Waals surface area contributed by atoms with Gasteiger partial charge < -0.3 is 30.0 Å². The maximum Gasteiger partial charge on any atom is 0.309 e. The Morgan fingerprint density at radius 3 is 2.52 bits per heavy atom. The summed E-state index contributed by atoms with van der Waals surface area (Å²) >= 11 is 0. The number of aliphatic hydroxyl groups is 1. The molecule has 0 saturated carbocycles. The van der Waals surface area contributed by atoms with Crippen LogP contribution in [0.25, 0.3) is 0 Å². The number of nitrogens with zero attached hydrogens (tertiary/aromatic N) is 1. The van der Waals surface area contributed by atoms with Crippen molar-refractivity contribution in [2.75, 3.05) is 50.8 Å². The van der Waals surface area contributed by atoms with Gasteiger partial charge in [0.25, 0.3) is 0 Å². The molecule has 1 aliphatic heterocycles. The normalized spacial score (nSPS) is 15.7. The molecule has 2 heterocycles. The molecule has 3 rings (SSSR count). The molecule has 1 saturated heterocycles. The van der Waals surface area contributed by atoms with Crippen LogP contribution < -0.4 is 20.4 Å². The summed E-state index contributed by atoms with van der Waals surface area (Å²) in [6, 6.07) is 10.2. The molecule has 0 aliphatic carbocycles. The minimum atomic E-state index is -0.781. The van der Waals surface area contributed by atoms with Crippen LogP contribution in [0.15, 0.2) is 47.1 Å². The molecular formula is C20H26FN4O4+. The number of carbonyl (C=O) groups excluding carboxylic acids is 2. The van der Waals surface area contributed by atoms with Gasteiger partial charge in [0.2, 0.25) is 0 Å². The molecule has 1 aromatic heterocycles. The molecular weight excluding hydrogens is 379 g/mol. The van der Waals surface area contributed by atoms with E-state index in [1.54, 1.807) is 24.5 Å². The van der Waals surface area contributed by atoms with Gasteiger partial charge in [0.05, 0.1) is 51.3 Å². The summed E-state index contributed by atoms with van der Waals surface area (Å²) in [6.07, 6.45) is 1.58. The molecule has 1 atom stereocenters. The molecule has 29 heavy (non-hydrogen) atoms. The molecule has 2 amide bonds. The first kappa shape index (κ1) is 20.8. The highest BCUT2D eigenvalue weighted by Crippen LogP contribution is 2.19. The summed E-state index contributed by atoms with van der Waals surface area (Å²) in [7, 11) is 0. The van der Waals surface area contributed by atoms with Crippen LogP contribution in [0.5, 0.6) is 0 Å². The maximum atomic E-state index is 14.1. The number of rotatable bonds is 7. The summed E-state index contributed by atoms with van der Waals surface area (Å²) < 4.78 is 19.6. The van der Waals surface area contributed by atoms with Gasteiger partial charge in [-0.25, -0.2) is 4.39 Å². The van der Waals surface area contributed by atoms with Crippen molar-refractivity contribution in [2.45, 2.75) is 6.04 Å². The van der Waals surface area contributed by atoms with Gasteiger partial charge in [-0.2, -0.15) is 0 Å². The molecule has 4 N–H and O–H groups in total. The average molecular weight is 405 g/mol. The number of piperazine rings is 1. The van der Waals surface area contributed by atoms with Crippen LogP contribution in [0.4, 0.5) is 10.1 Å². The van der Waals surface area contributed by atoms with Crippen molar-refractivity contribution in [1.82, 2.24) is 10.6 Å². The number of carbonyl (C=O) groups is 2. The fourth-order valence-corrected chi connectivity index (χ4v) is 3.55. The number of halogens is 1. The smallest absolute Gasteiger partial charge is 0.309 e. The number of aliphatic hydroxyl groups excluding tert-OH is 1. The van der Waals surface area contributed by atoms with Gasteiger partial charge in [0.15, 0.2) is 11.8 Å². The van der Waals surface area contributed by atoms with Crippen LogP contribution in [0.2, 0.25) is 0 Å². The van der Waals surface area contributed by atoms with E-state index in [2.05, 4.69) is 10.6 Å². The SMILES string of the molecule is O=C(NCCO)C(=O)NC[C@@H](c1ccco1)[NH+]1CCN(c2ccccc2F)CC1. The lowest BCUT2D eigenvalue weighted by Crippen LogP contribution is -3.15. The fourth-order valence-electron chi connectivity index (χ4n) is 3.55. The van der Waals surface area contributed by atoms with Crippen LogP contribution in [-0.2, 0) is 9.59 Å². The number of amides is 2. The Morgan fingerprint density at radius 1 is 1.14 bits per heavy atom. The molecule has 0 bridgehead atoms. The van der Waals surface area contributed by atoms with E-state index in [4.69, 9.17) is 9.52 Å². The summed E-state index contributed by atoms with van der Waals surface area (Å²) in [6.45, 7) is 2.81. The maximum absolute atomic E-state index is 14.1. The molecule has 156 valence electrons. The number of hydrogen-bond donors (Lipinski definition) is 4. The van der Waals surface area contributed by atoms with Crippen molar-refractivity contribution < 1.29 is 28.4 Å². The Morgan fingerprint density at radius 2 is 1.86 bits per heavy atom. The third-order valence-corrected chi connectivity index (χ3v) is 5.05. The lowest BCUT2D eigenvalue weighted by molar-refractivity contribution is -0.932. The van der Waals surface area contributed by atoms with E-state index in [0.29, 0.717) is 18.8 Å². The number of hydrogen-bond acceptors (Lipinski definition) is 5. The van der Waals surface area contributed by atoms with Gasteiger partial charge in [0, 0.05) is 6.54 Å². The predicted octanol–water partition coefficient (Wildman–Crippen LogP) is -0.910. The summed E-state index contributed by atoms with van der Waals surface area (Å²) in [5.74, 6) is -1.05. The molecule has 1 aromatic carbocycles. The number of para-hydroxylation sites is 1. The van der Waals surface area contributed by atoms with E-state index in [-0.39, 0.29) is 31.6 Å². The lowest BCUT2D eigenvalue weighted by atomic mass is 10.1. The number of benzene rings is 1. The van der Waals surface area contributed by atoms with Gasteiger partial charge in [0.1, 0.15) is 5.82 Å². The van der Waals surface area contributed by atoms with Crippen molar-refractivity contribution in [3.05, 3.63) is 54.2 Å². The number of nitrogens with one attached hydrogen (secondary N) is 3. The van der Waals surface area contributed by atoms with E-state index < -0.39 is 11.8 Å². The molecule has 0 spiro atoms. The van der Waals surface area contributed by atoms with Crippen LogP contribution in [0, 0.1) is 5.82 Å². The fraction of sp³-hybridized carbons (Fsp3) is 0.400. The molecule has 2 aromatic rings. The molecule has 1 aliphatic rings. The number of quaternary nitrogens is 1. The third kappa shape index (κ3) is 5.33. The second kappa shape index (κ2) is 10.0. The highest BCUT2D eigenvalue weighted by Gasteiger charge is 2.32. The Balaban J connectivity index is 1.61. The van der Waals surface area contributed by atoms with Crippen LogP contribution in [-0.4, -0.2) is 62.8 Å². The zero-order valence-corrected chi connectivity index (χ0v) is 16.1. The van der Waals surface area contributed by atoms with Gasteiger partial charge in [-0.05, 0) is 24.3 Å². The van der Waals surface area contributed by atoms with E-state index in [9.17, 15) is 14.0 Å². The first-order valence-electron chi connectivity index (χ1n) is 9.64. The Labute approximate surface area is 168 Å². The van der Waals surface area contributed by atoms with Gasteiger partial charge in [-0.1, -0.05) is 12.1 Å². The van der Waals surface area contributed by atoms with Crippen LogP contribution in [0.3, 0.4) is 0 Å². The van der Waals surface area contributed by atoms with Crippen molar-refractivity contribution >= 4 is 17.5 Å². The molecule has 0 radical (unpaired) electrons. The molecule has 1 fully saturated rings. The summed E-state index contributed by atoms with van der Waals surface area (Å²) in [4.78, 5) is 26.9. The van der Waals surface area contributed by atoms with E-state index in [1.165, 1.54) is 11.0 Å². The monoisotopic (exact) mass is 405 g/mol.